The Morgan fingerprint density at radius 1 is 0.931 bits per heavy atom. The summed E-state index contributed by atoms with van der Waals surface area (Å²) in [6.45, 7) is 5.59. The minimum atomic E-state index is -3.30. The summed E-state index contributed by atoms with van der Waals surface area (Å²) in [5.74, 6) is 0.0220. The fourth-order valence-corrected chi connectivity index (χ4v) is 5.29. The number of nitrogens with zero attached hydrogens (tertiary/aromatic N) is 3. The number of sulfonamides is 1. The number of hydrogen-bond donors (Lipinski definition) is 0. The van der Waals surface area contributed by atoms with Gasteiger partial charge in [0.05, 0.1) is 11.9 Å². The normalized spacial score (nSPS) is 17.2. The van der Waals surface area contributed by atoms with E-state index in [1.165, 1.54) is 21.8 Å². The summed E-state index contributed by atoms with van der Waals surface area (Å²) in [6, 6.07) is 13.8. The number of rotatable bonds is 3. The van der Waals surface area contributed by atoms with Crippen LogP contribution in [0.2, 0.25) is 0 Å². The molecule has 154 valence electrons. The third-order valence-electron chi connectivity index (χ3n) is 5.83. The zero-order valence-electron chi connectivity index (χ0n) is 17.0. The number of para-hydroxylation sites is 1. The third-order valence-corrected chi connectivity index (χ3v) is 7.01. The molecule has 0 aromatic heterocycles. The molecule has 29 heavy (non-hydrogen) atoms. The number of piperazine rings is 1. The molecule has 0 aliphatic carbocycles. The summed E-state index contributed by atoms with van der Waals surface area (Å²) >= 11 is 0. The van der Waals surface area contributed by atoms with Crippen molar-refractivity contribution in [1.82, 2.24) is 4.90 Å². The van der Waals surface area contributed by atoms with Crippen LogP contribution in [-0.2, 0) is 16.4 Å². The van der Waals surface area contributed by atoms with Crippen molar-refractivity contribution in [3.05, 3.63) is 59.2 Å². The Labute approximate surface area is 172 Å². The van der Waals surface area contributed by atoms with E-state index in [0.29, 0.717) is 30.9 Å². The molecule has 0 bridgehead atoms. The van der Waals surface area contributed by atoms with Gasteiger partial charge in [0.2, 0.25) is 10.0 Å². The van der Waals surface area contributed by atoms with Crippen molar-refractivity contribution < 1.29 is 13.2 Å². The van der Waals surface area contributed by atoms with Crippen LogP contribution in [0.3, 0.4) is 0 Å². The van der Waals surface area contributed by atoms with Crippen LogP contribution in [0.25, 0.3) is 0 Å². The lowest BCUT2D eigenvalue weighted by atomic mass is 10.00. The third kappa shape index (κ3) is 3.96. The van der Waals surface area contributed by atoms with E-state index in [0.717, 1.165) is 31.5 Å². The molecule has 2 aliphatic rings. The van der Waals surface area contributed by atoms with Gasteiger partial charge in [0.1, 0.15) is 0 Å². The highest BCUT2D eigenvalue weighted by molar-refractivity contribution is 7.92. The number of amides is 1. The van der Waals surface area contributed by atoms with Crippen molar-refractivity contribution in [1.29, 1.82) is 0 Å². The first kappa shape index (κ1) is 19.8. The fourth-order valence-electron chi connectivity index (χ4n) is 4.29. The van der Waals surface area contributed by atoms with Crippen molar-refractivity contribution in [2.45, 2.75) is 19.8 Å². The largest absolute Gasteiger partial charge is 0.368 e. The Kier molecular flexibility index (Phi) is 5.25. The molecule has 0 atom stereocenters. The van der Waals surface area contributed by atoms with Gasteiger partial charge in [-0.15, -0.1) is 0 Å². The molecule has 2 aromatic rings. The molecule has 0 N–H and O–H groups in total. The lowest BCUT2D eigenvalue weighted by molar-refractivity contribution is 0.0746. The highest BCUT2D eigenvalue weighted by atomic mass is 32.2. The van der Waals surface area contributed by atoms with Gasteiger partial charge in [0.15, 0.2) is 0 Å². The van der Waals surface area contributed by atoms with Gasteiger partial charge in [-0.25, -0.2) is 8.42 Å². The van der Waals surface area contributed by atoms with Gasteiger partial charge in [0, 0.05) is 44.0 Å². The van der Waals surface area contributed by atoms with E-state index in [1.807, 2.05) is 23.1 Å². The number of anilines is 2. The average molecular weight is 414 g/mol. The fraction of sp³-hybridized carbons (Fsp3) is 0.409. The smallest absolute Gasteiger partial charge is 0.253 e. The first-order chi connectivity index (χ1) is 13.8. The monoisotopic (exact) mass is 413 g/mol. The lowest BCUT2D eigenvalue weighted by Crippen LogP contribution is -2.49. The molecule has 1 saturated heterocycles. The van der Waals surface area contributed by atoms with Crippen LogP contribution in [0.1, 0.15) is 27.9 Å². The molecular weight excluding hydrogens is 386 g/mol. The molecule has 2 aromatic carbocycles. The maximum Gasteiger partial charge on any atom is 0.253 e. The Morgan fingerprint density at radius 2 is 1.66 bits per heavy atom. The molecule has 0 radical (unpaired) electrons. The Morgan fingerprint density at radius 3 is 2.34 bits per heavy atom. The maximum absolute atomic E-state index is 13.0. The van der Waals surface area contributed by atoms with E-state index in [4.69, 9.17) is 0 Å². The molecule has 6 nitrogen and oxygen atoms in total. The molecule has 1 fully saturated rings. The van der Waals surface area contributed by atoms with Gasteiger partial charge >= 0.3 is 0 Å². The van der Waals surface area contributed by atoms with E-state index < -0.39 is 10.0 Å². The Hall–Kier alpha value is -2.54. The second-order valence-electron chi connectivity index (χ2n) is 7.85. The van der Waals surface area contributed by atoms with Crippen LogP contribution >= 0.6 is 0 Å². The van der Waals surface area contributed by atoms with Crippen LogP contribution in [0.4, 0.5) is 11.4 Å². The van der Waals surface area contributed by atoms with E-state index >= 15 is 0 Å². The van der Waals surface area contributed by atoms with E-state index in [2.05, 4.69) is 24.0 Å². The number of carbonyl (C=O) groups is 1. The van der Waals surface area contributed by atoms with Crippen molar-refractivity contribution in [3.8, 4) is 0 Å². The first-order valence-corrected chi connectivity index (χ1v) is 11.9. The van der Waals surface area contributed by atoms with Gasteiger partial charge in [0.25, 0.3) is 5.91 Å². The van der Waals surface area contributed by atoms with Gasteiger partial charge < -0.3 is 9.80 Å². The zero-order valence-corrected chi connectivity index (χ0v) is 17.8. The molecule has 2 aliphatic heterocycles. The van der Waals surface area contributed by atoms with Crippen molar-refractivity contribution in [2.75, 3.05) is 48.2 Å². The summed E-state index contributed by atoms with van der Waals surface area (Å²) in [7, 11) is -3.30. The van der Waals surface area contributed by atoms with Crippen molar-refractivity contribution in [2.24, 2.45) is 0 Å². The summed E-state index contributed by atoms with van der Waals surface area (Å²) in [5.41, 5.74) is 4.76. The van der Waals surface area contributed by atoms with E-state index in [9.17, 15) is 13.2 Å². The highest BCUT2D eigenvalue weighted by Gasteiger charge is 2.27. The van der Waals surface area contributed by atoms with E-state index in [-0.39, 0.29) is 5.91 Å². The zero-order chi connectivity index (χ0) is 20.6. The SMILES string of the molecule is Cc1ccccc1N1CCN(C(=O)c2ccc3c(c2)CCCN3S(C)(=O)=O)CC1. The highest BCUT2D eigenvalue weighted by Crippen LogP contribution is 2.30. The molecule has 2 heterocycles. The first-order valence-electron chi connectivity index (χ1n) is 10.0. The lowest BCUT2D eigenvalue weighted by Gasteiger charge is -2.37. The number of benzene rings is 2. The predicted molar refractivity (Wildman–Crippen MR) is 116 cm³/mol. The van der Waals surface area contributed by atoms with Gasteiger partial charge in [-0.05, 0) is 55.2 Å². The predicted octanol–water partition coefficient (Wildman–Crippen LogP) is 2.67. The molecule has 7 heteroatoms. The second kappa shape index (κ2) is 7.71. The van der Waals surface area contributed by atoms with Crippen LogP contribution in [-0.4, -0.2) is 58.2 Å². The van der Waals surface area contributed by atoms with Crippen LogP contribution < -0.4 is 9.21 Å². The summed E-state index contributed by atoms with van der Waals surface area (Å²) in [6.07, 6.45) is 2.80. The average Bonchev–Trinajstić information content (AvgIpc) is 2.72. The summed E-state index contributed by atoms with van der Waals surface area (Å²) in [4.78, 5) is 17.3. The molecule has 0 unspecified atom stereocenters. The maximum atomic E-state index is 13.0. The molecule has 1 amide bonds. The van der Waals surface area contributed by atoms with Gasteiger partial charge in [-0.3, -0.25) is 9.10 Å². The van der Waals surface area contributed by atoms with Crippen LogP contribution in [0.15, 0.2) is 42.5 Å². The van der Waals surface area contributed by atoms with Crippen LogP contribution in [0, 0.1) is 6.92 Å². The molecule has 0 spiro atoms. The van der Waals surface area contributed by atoms with E-state index in [1.54, 1.807) is 12.1 Å². The molecular formula is C22H27N3O3S. The minimum absolute atomic E-state index is 0.0220. The second-order valence-corrected chi connectivity index (χ2v) is 9.75. The van der Waals surface area contributed by atoms with Gasteiger partial charge in [-0.2, -0.15) is 0 Å². The topological polar surface area (TPSA) is 60.9 Å². The van der Waals surface area contributed by atoms with Crippen molar-refractivity contribution in [3.63, 3.8) is 0 Å². The van der Waals surface area contributed by atoms with Crippen LogP contribution in [0.5, 0.6) is 0 Å². The Bertz CT molecular complexity index is 1030. The number of fused-ring (bicyclic) bond motifs is 1. The molecule has 0 saturated carbocycles. The Balaban J connectivity index is 1.48. The minimum Gasteiger partial charge on any atom is -0.368 e. The summed E-state index contributed by atoms with van der Waals surface area (Å²) in [5, 5.41) is 0. The standard InChI is InChI=1S/C22H27N3O3S/c1-17-6-3-4-8-20(17)23-12-14-24(15-13-23)22(26)19-9-10-21-18(16-19)7-5-11-25(21)29(2,27)28/h3-4,6,8-10,16H,5,7,11-15H2,1-2H3. The number of hydrogen-bond acceptors (Lipinski definition) is 4. The number of carbonyl (C=O) groups excluding carboxylic acids is 1. The van der Waals surface area contributed by atoms with Crippen molar-refractivity contribution >= 4 is 27.3 Å². The molecule has 4 rings (SSSR count). The summed E-state index contributed by atoms with van der Waals surface area (Å²) < 4.78 is 25.5. The quantitative estimate of drug-likeness (QED) is 0.776. The number of aryl methyl sites for hydroxylation is 2. The van der Waals surface area contributed by atoms with Gasteiger partial charge in [-0.1, -0.05) is 18.2 Å².